The standard InChI is InChI=1S/C16H20FN3O2/c1-16(11-21)7-2-8-20(10-16)9-14-18-15(19-22-14)12-3-5-13(17)6-4-12/h3-6,21H,2,7-11H2,1H3. The van der Waals surface area contributed by atoms with Crippen LogP contribution in [0.25, 0.3) is 11.4 Å². The van der Waals surface area contributed by atoms with E-state index in [1.807, 2.05) is 0 Å². The second-order valence-electron chi connectivity index (χ2n) is 6.30. The van der Waals surface area contributed by atoms with Gasteiger partial charge in [-0.1, -0.05) is 12.1 Å². The fourth-order valence-corrected chi connectivity index (χ4v) is 2.92. The minimum Gasteiger partial charge on any atom is -0.396 e. The average Bonchev–Trinajstić information content (AvgIpc) is 2.96. The Morgan fingerprint density at radius 1 is 1.36 bits per heavy atom. The lowest BCUT2D eigenvalue weighted by molar-refractivity contribution is 0.0382. The summed E-state index contributed by atoms with van der Waals surface area (Å²) in [6, 6.07) is 6.02. The number of benzene rings is 1. The first kappa shape index (κ1) is 15.1. The third kappa shape index (κ3) is 3.34. The number of hydrogen-bond donors (Lipinski definition) is 1. The van der Waals surface area contributed by atoms with Crippen LogP contribution >= 0.6 is 0 Å². The molecule has 1 aliphatic rings. The molecule has 0 aliphatic carbocycles. The van der Waals surface area contributed by atoms with Gasteiger partial charge in [0.2, 0.25) is 11.7 Å². The average molecular weight is 305 g/mol. The highest BCUT2D eigenvalue weighted by molar-refractivity contribution is 5.53. The Morgan fingerprint density at radius 3 is 2.86 bits per heavy atom. The zero-order valence-corrected chi connectivity index (χ0v) is 12.6. The number of rotatable bonds is 4. The number of nitrogens with zero attached hydrogens (tertiary/aromatic N) is 3. The summed E-state index contributed by atoms with van der Waals surface area (Å²) in [5.41, 5.74) is 0.674. The molecule has 2 aromatic rings. The van der Waals surface area contributed by atoms with Gasteiger partial charge in [0.05, 0.1) is 6.54 Å². The number of aliphatic hydroxyl groups excluding tert-OH is 1. The van der Waals surface area contributed by atoms with E-state index < -0.39 is 0 Å². The highest BCUT2D eigenvalue weighted by atomic mass is 19.1. The molecule has 1 aromatic heterocycles. The first-order valence-electron chi connectivity index (χ1n) is 7.50. The highest BCUT2D eigenvalue weighted by Gasteiger charge is 2.31. The Morgan fingerprint density at radius 2 is 2.14 bits per heavy atom. The van der Waals surface area contributed by atoms with Crippen LogP contribution in [0, 0.1) is 11.2 Å². The van der Waals surface area contributed by atoms with Crippen molar-refractivity contribution in [2.75, 3.05) is 19.7 Å². The second kappa shape index (κ2) is 6.14. The van der Waals surface area contributed by atoms with Crippen molar-refractivity contribution < 1.29 is 14.0 Å². The summed E-state index contributed by atoms with van der Waals surface area (Å²) in [7, 11) is 0. The van der Waals surface area contributed by atoms with Crippen molar-refractivity contribution in [1.29, 1.82) is 0 Å². The van der Waals surface area contributed by atoms with E-state index in [9.17, 15) is 9.50 Å². The number of aromatic nitrogens is 2. The van der Waals surface area contributed by atoms with E-state index in [4.69, 9.17) is 4.52 Å². The number of likely N-dealkylation sites (tertiary alicyclic amines) is 1. The molecule has 2 heterocycles. The van der Waals surface area contributed by atoms with Gasteiger partial charge in [0, 0.05) is 24.1 Å². The molecule has 5 nitrogen and oxygen atoms in total. The van der Waals surface area contributed by atoms with Crippen molar-refractivity contribution >= 4 is 0 Å². The van der Waals surface area contributed by atoms with Gasteiger partial charge in [0.15, 0.2) is 0 Å². The van der Waals surface area contributed by atoms with E-state index >= 15 is 0 Å². The maximum absolute atomic E-state index is 12.9. The number of hydrogen-bond acceptors (Lipinski definition) is 5. The number of halogens is 1. The highest BCUT2D eigenvalue weighted by Crippen LogP contribution is 2.29. The van der Waals surface area contributed by atoms with E-state index in [-0.39, 0.29) is 17.8 Å². The van der Waals surface area contributed by atoms with Crippen molar-refractivity contribution in [3.8, 4) is 11.4 Å². The third-order valence-corrected chi connectivity index (χ3v) is 4.17. The lowest BCUT2D eigenvalue weighted by atomic mass is 9.83. The van der Waals surface area contributed by atoms with Gasteiger partial charge in [-0.3, -0.25) is 4.90 Å². The second-order valence-corrected chi connectivity index (χ2v) is 6.30. The van der Waals surface area contributed by atoms with Crippen LogP contribution in [0.5, 0.6) is 0 Å². The molecule has 1 N–H and O–H groups in total. The topological polar surface area (TPSA) is 62.4 Å². The van der Waals surface area contributed by atoms with E-state index in [0.29, 0.717) is 18.3 Å². The molecule has 0 amide bonds. The van der Waals surface area contributed by atoms with Crippen molar-refractivity contribution in [1.82, 2.24) is 15.0 Å². The third-order valence-electron chi connectivity index (χ3n) is 4.17. The summed E-state index contributed by atoms with van der Waals surface area (Å²) in [4.78, 5) is 6.60. The van der Waals surface area contributed by atoms with E-state index in [0.717, 1.165) is 31.5 Å². The van der Waals surface area contributed by atoms with E-state index in [1.165, 1.54) is 12.1 Å². The van der Waals surface area contributed by atoms with Crippen LogP contribution in [0.2, 0.25) is 0 Å². The minimum absolute atomic E-state index is 0.0575. The SMILES string of the molecule is CC1(CO)CCCN(Cc2nc(-c3ccc(F)cc3)no2)C1. The largest absolute Gasteiger partial charge is 0.396 e. The van der Waals surface area contributed by atoms with Gasteiger partial charge in [-0.2, -0.15) is 4.98 Å². The molecule has 6 heteroatoms. The molecular formula is C16H20FN3O2. The summed E-state index contributed by atoms with van der Waals surface area (Å²) in [5.74, 6) is 0.725. The Bertz CT molecular complexity index is 629. The van der Waals surface area contributed by atoms with Crippen LogP contribution in [0.3, 0.4) is 0 Å². The maximum Gasteiger partial charge on any atom is 0.241 e. The molecule has 0 saturated carbocycles. The van der Waals surface area contributed by atoms with Gasteiger partial charge in [-0.15, -0.1) is 0 Å². The lowest BCUT2D eigenvalue weighted by Gasteiger charge is -2.38. The van der Waals surface area contributed by atoms with Gasteiger partial charge in [-0.25, -0.2) is 4.39 Å². The Kier molecular flexibility index (Phi) is 4.22. The number of piperidine rings is 1. The zero-order valence-electron chi connectivity index (χ0n) is 12.6. The van der Waals surface area contributed by atoms with Crippen LogP contribution in [-0.2, 0) is 6.54 Å². The van der Waals surface area contributed by atoms with Crippen LogP contribution < -0.4 is 0 Å². The van der Waals surface area contributed by atoms with Gasteiger partial charge >= 0.3 is 0 Å². The minimum atomic E-state index is -0.288. The molecule has 118 valence electrons. The van der Waals surface area contributed by atoms with Gasteiger partial charge in [0.1, 0.15) is 5.82 Å². The first-order valence-corrected chi connectivity index (χ1v) is 7.50. The van der Waals surface area contributed by atoms with Gasteiger partial charge in [0.25, 0.3) is 0 Å². The molecule has 1 aromatic carbocycles. The van der Waals surface area contributed by atoms with Crippen molar-refractivity contribution in [3.63, 3.8) is 0 Å². The molecule has 22 heavy (non-hydrogen) atoms. The molecule has 1 unspecified atom stereocenters. The summed E-state index contributed by atoms with van der Waals surface area (Å²) < 4.78 is 18.2. The van der Waals surface area contributed by atoms with E-state index in [1.54, 1.807) is 12.1 Å². The Labute approximate surface area is 128 Å². The Balaban J connectivity index is 1.68. The summed E-state index contributed by atoms with van der Waals surface area (Å²) in [5, 5.41) is 13.5. The lowest BCUT2D eigenvalue weighted by Crippen LogP contribution is -2.43. The monoisotopic (exact) mass is 305 g/mol. The van der Waals surface area contributed by atoms with E-state index in [2.05, 4.69) is 22.0 Å². The normalized spacial score (nSPS) is 22.9. The van der Waals surface area contributed by atoms with Crippen LogP contribution in [0.4, 0.5) is 4.39 Å². The van der Waals surface area contributed by atoms with Crippen molar-refractivity contribution in [2.24, 2.45) is 5.41 Å². The molecule has 1 aliphatic heterocycles. The van der Waals surface area contributed by atoms with Crippen molar-refractivity contribution in [3.05, 3.63) is 36.0 Å². The molecular weight excluding hydrogens is 285 g/mol. The molecule has 3 rings (SSSR count). The van der Waals surface area contributed by atoms with Crippen molar-refractivity contribution in [2.45, 2.75) is 26.3 Å². The van der Waals surface area contributed by atoms with Crippen LogP contribution in [0.15, 0.2) is 28.8 Å². The molecule has 0 radical (unpaired) electrons. The zero-order chi connectivity index (χ0) is 15.6. The van der Waals surface area contributed by atoms with Gasteiger partial charge in [-0.05, 0) is 43.7 Å². The quantitative estimate of drug-likeness (QED) is 0.940. The predicted molar refractivity (Wildman–Crippen MR) is 79.4 cm³/mol. The summed E-state index contributed by atoms with van der Waals surface area (Å²) in [6.45, 7) is 4.64. The fraction of sp³-hybridized carbons (Fsp3) is 0.500. The number of aliphatic hydroxyl groups is 1. The van der Waals surface area contributed by atoms with Crippen LogP contribution in [-0.4, -0.2) is 39.8 Å². The summed E-state index contributed by atoms with van der Waals surface area (Å²) in [6.07, 6.45) is 2.08. The molecule has 1 atom stereocenters. The summed E-state index contributed by atoms with van der Waals surface area (Å²) >= 11 is 0. The smallest absolute Gasteiger partial charge is 0.241 e. The molecule has 0 bridgehead atoms. The molecule has 0 spiro atoms. The first-order chi connectivity index (χ1) is 10.6. The molecule has 1 saturated heterocycles. The van der Waals surface area contributed by atoms with Crippen LogP contribution in [0.1, 0.15) is 25.7 Å². The Hall–Kier alpha value is -1.79. The fourth-order valence-electron chi connectivity index (χ4n) is 2.92. The molecule has 1 fully saturated rings. The van der Waals surface area contributed by atoms with Gasteiger partial charge < -0.3 is 9.63 Å². The maximum atomic E-state index is 12.9. The predicted octanol–water partition coefficient (Wildman–Crippen LogP) is 2.47.